The minimum Gasteiger partial charge on any atom is -0.496 e. The monoisotopic (exact) mass is 450 g/mol. The van der Waals surface area contributed by atoms with E-state index in [9.17, 15) is 4.79 Å². The van der Waals surface area contributed by atoms with E-state index in [1.165, 1.54) is 0 Å². The molecule has 32 heavy (non-hydrogen) atoms. The van der Waals surface area contributed by atoms with Crippen molar-refractivity contribution < 1.29 is 14.3 Å². The zero-order valence-electron chi connectivity index (χ0n) is 18.5. The van der Waals surface area contributed by atoms with Crippen molar-refractivity contribution in [3.8, 4) is 11.5 Å². The zero-order chi connectivity index (χ0) is 22.7. The number of fused-ring (bicyclic) bond motifs is 1. The Balaban J connectivity index is 1.64. The van der Waals surface area contributed by atoms with Gasteiger partial charge in [-0.1, -0.05) is 36.7 Å². The highest BCUT2D eigenvalue weighted by atomic mass is 35.5. The lowest BCUT2D eigenvalue weighted by atomic mass is 10.0. The van der Waals surface area contributed by atoms with Crippen LogP contribution in [0, 0.1) is 6.92 Å². The highest BCUT2D eigenvalue weighted by molar-refractivity contribution is 6.31. The first-order chi connectivity index (χ1) is 15.5. The van der Waals surface area contributed by atoms with Crippen LogP contribution in [0.1, 0.15) is 46.6 Å². The summed E-state index contributed by atoms with van der Waals surface area (Å²) in [5.41, 5.74) is 4.39. The van der Waals surface area contributed by atoms with Crippen LogP contribution in [-0.2, 0) is 6.61 Å². The first-order valence-corrected chi connectivity index (χ1v) is 11.1. The number of carbonyl (C=O) groups is 1. The van der Waals surface area contributed by atoms with Gasteiger partial charge >= 0.3 is 0 Å². The molecule has 3 aromatic carbocycles. The second-order valence-corrected chi connectivity index (χ2v) is 8.27. The van der Waals surface area contributed by atoms with E-state index >= 15 is 0 Å². The number of hydrogen-bond acceptors (Lipinski definition) is 4. The Bertz CT molecular complexity index is 1130. The van der Waals surface area contributed by atoms with Gasteiger partial charge in [-0.2, -0.15) is 0 Å². The molecule has 0 bridgehead atoms. The average Bonchev–Trinajstić information content (AvgIpc) is 2.81. The number of nitrogens with one attached hydrogen (secondary N) is 1. The van der Waals surface area contributed by atoms with Crippen LogP contribution in [0.3, 0.4) is 0 Å². The predicted molar refractivity (Wildman–Crippen MR) is 128 cm³/mol. The number of carbonyl (C=O) groups excluding carboxylic acids is 1. The highest BCUT2D eigenvalue weighted by Gasteiger charge is 2.32. The van der Waals surface area contributed by atoms with Crippen LogP contribution in [0.4, 0.5) is 5.69 Å². The van der Waals surface area contributed by atoms with Gasteiger partial charge in [0.15, 0.2) is 0 Å². The number of hydrogen-bond donors (Lipinski definition) is 1. The Kier molecular flexibility index (Phi) is 6.56. The summed E-state index contributed by atoms with van der Waals surface area (Å²) in [6, 6.07) is 19.2. The van der Waals surface area contributed by atoms with Gasteiger partial charge in [0.05, 0.1) is 12.7 Å². The molecule has 0 fully saturated rings. The second kappa shape index (κ2) is 9.53. The molecule has 3 aromatic rings. The molecule has 6 heteroatoms. The lowest BCUT2D eigenvalue weighted by Gasteiger charge is -2.38. The predicted octanol–water partition coefficient (Wildman–Crippen LogP) is 6.21. The summed E-state index contributed by atoms with van der Waals surface area (Å²) in [5.74, 6) is 1.52. The molecule has 1 heterocycles. The maximum Gasteiger partial charge on any atom is 0.257 e. The van der Waals surface area contributed by atoms with E-state index in [0.717, 1.165) is 40.3 Å². The quantitative estimate of drug-likeness (QED) is 0.464. The van der Waals surface area contributed by atoms with Gasteiger partial charge in [-0.3, -0.25) is 4.79 Å². The maximum absolute atomic E-state index is 13.2. The van der Waals surface area contributed by atoms with Crippen LogP contribution in [0.15, 0.2) is 60.7 Å². The fourth-order valence-corrected chi connectivity index (χ4v) is 4.09. The maximum atomic E-state index is 13.2. The first-order valence-electron chi connectivity index (χ1n) is 10.7. The second-order valence-electron chi connectivity index (χ2n) is 7.86. The van der Waals surface area contributed by atoms with Crippen LogP contribution in [0.5, 0.6) is 11.5 Å². The van der Waals surface area contributed by atoms with Crippen molar-refractivity contribution in [3.63, 3.8) is 0 Å². The number of halogens is 1. The van der Waals surface area contributed by atoms with E-state index in [1.54, 1.807) is 7.11 Å². The summed E-state index contributed by atoms with van der Waals surface area (Å²) >= 11 is 6.12. The molecular formula is C26H27ClN2O3. The normalized spacial score (nSPS) is 15.2. The van der Waals surface area contributed by atoms with E-state index in [4.69, 9.17) is 21.1 Å². The third kappa shape index (κ3) is 4.39. The zero-order valence-corrected chi connectivity index (χ0v) is 19.3. The summed E-state index contributed by atoms with van der Waals surface area (Å²) < 4.78 is 11.6. The fraction of sp³-hybridized carbons (Fsp3) is 0.269. The molecular weight excluding hydrogens is 424 g/mol. The largest absolute Gasteiger partial charge is 0.496 e. The average molecular weight is 451 g/mol. The van der Waals surface area contributed by atoms with Crippen LogP contribution >= 0.6 is 11.6 Å². The van der Waals surface area contributed by atoms with Crippen molar-refractivity contribution in [2.75, 3.05) is 19.0 Å². The van der Waals surface area contributed by atoms with Gasteiger partial charge in [0, 0.05) is 22.8 Å². The molecule has 5 nitrogen and oxygen atoms in total. The third-order valence-corrected chi connectivity index (χ3v) is 6.05. The molecule has 0 spiro atoms. The molecule has 1 amide bonds. The molecule has 0 saturated heterocycles. The topological polar surface area (TPSA) is 50.8 Å². The van der Waals surface area contributed by atoms with Crippen molar-refractivity contribution in [1.82, 2.24) is 4.90 Å². The fourth-order valence-electron chi connectivity index (χ4n) is 3.98. The molecule has 1 N–H and O–H groups in total. The van der Waals surface area contributed by atoms with Gasteiger partial charge in [-0.25, -0.2) is 0 Å². The van der Waals surface area contributed by atoms with Gasteiger partial charge in [0.25, 0.3) is 5.91 Å². The van der Waals surface area contributed by atoms with Gasteiger partial charge in [0.2, 0.25) is 0 Å². The molecule has 0 aliphatic carbocycles. The molecule has 1 aliphatic heterocycles. The molecule has 0 aromatic heterocycles. The van der Waals surface area contributed by atoms with Crippen molar-refractivity contribution >= 4 is 23.2 Å². The summed E-state index contributed by atoms with van der Waals surface area (Å²) in [6.45, 7) is 5.02. The number of amides is 1. The van der Waals surface area contributed by atoms with Crippen LogP contribution in [0.2, 0.25) is 5.02 Å². The number of ether oxygens (including phenoxy) is 2. The Labute approximate surface area is 193 Å². The SMILES string of the molecule is CCCN1C(=O)c2ccccc2NC1c1ccc(OC)c(COc2ccc(Cl)c(C)c2)c1. The van der Waals surface area contributed by atoms with E-state index < -0.39 is 0 Å². The summed E-state index contributed by atoms with van der Waals surface area (Å²) in [6.07, 6.45) is 0.605. The van der Waals surface area contributed by atoms with E-state index in [-0.39, 0.29) is 12.1 Å². The van der Waals surface area contributed by atoms with Crippen molar-refractivity contribution in [2.24, 2.45) is 0 Å². The molecule has 4 rings (SSSR count). The van der Waals surface area contributed by atoms with Gasteiger partial charge in [-0.05, 0) is 66.9 Å². The van der Waals surface area contributed by atoms with Crippen LogP contribution in [0.25, 0.3) is 0 Å². The van der Waals surface area contributed by atoms with E-state index in [1.807, 2.05) is 72.5 Å². The molecule has 1 unspecified atom stereocenters. The number of para-hydroxylation sites is 1. The lowest BCUT2D eigenvalue weighted by Crippen LogP contribution is -2.43. The molecule has 1 aliphatic rings. The van der Waals surface area contributed by atoms with Gasteiger partial charge < -0.3 is 19.7 Å². The molecule has 166 valence electrons. The molecule has 1 atom stereocenters. The third-order valence-electron chi connectivity index (χ3n) is 5.63. The number of methoxy groups -OCH3 is 1. The van der Waals surface area contributed by atoms with E-state index in [0.29, 0.717) is 23.7 Å². The van der Waals surface area contributed by atoms with Crippen molar-refractivity contribution in [3.05, 3.63) is 87.9 Å². The molecule has 0 saturated carbocycles. The Morgan fingerprint density at radius 3 is 2.66 bits per heavy atom. The minimum absolute atomic E-state index is 0.0384. The summed E-state index contributed by atoms with van der Waals surface area (Å²) in [7, 11) is 1.65. The van der Waals surface area contributed by atoms with Crippen molar-refractivity contribution in [1.29, 1.82) is 0 Å². The lowest BCUT2D eigenvalue weighted by molar-refractivity contribution is 0.0683. The van der Waals surface area contributed by atoms with Crippen LogP contribution in [-0.4, -0.2) is 24.5 Å². The number of benzene rings is 3. The van der Waals surface area contributed by atoms with Gasteiger partial charge in [0.1, 0.15) is 24.3 Å². The Hall–Kier alpha value is -3.18. The van der Waals surface area contributed by atoms with E-state index in [2.05, 4.69) is 12.2 Å². The number of nitrogens with zero attached hydrogens (tertiary/aromatic N) is 1. The Morgan fingerprint density at radius 2 is 1.91 bits per heavy atom. The molecule has 0 radical (unpaired) electrons. The summed E-state index contributed by atoms with van der Waals surface area (Å²) in [4.78, 5) is 15.1. The number of aryl methyl sites for hydroxylation is 1. The van der Waals surface area contributed by atoms with Gasteiger partial charge in [-0.15, -0.1) is 0 Å². The number of anilines is 1. The van der Waals surface area contributed by atoms with Crippen LogP contribution < -0.4 is 14.8 Å². The smallest absolute Gasteiger partial charge is 0.257 e. The highest BCUT2D eigenvalue weighted by Crippen LogP contribution is 2.35. The Morgan fingerprint density at radius 1 is 1.09 bits per heavy atom. The number of rotatable bonds is 7. The van der Waals surface area contributed by atoms with Crippen molar-refractivity contribution in [2.45, 2.75) is 33.0 Å². The standard InChI is InChI=1S/C26H27ClN2O3/c1-4-13-29-25(28-23-8-6-5-7-21(23)26(29)30)18-9-12-24(31-3)19(15-18)16-32-20-10-11-22(27)17(2)14-20/h5-12,14-15,25,28H,4,13,16H2,1-3H3. The summed E-state index contributed by atoms with van der Waals surface area (Å²) in [5, 5.41) is 4.25. The minimum atomic E-state index is -0.264. The first kappa shape index (κ1) is 22.0.